The van der Waals surface area contributed by atoms with Crippen LogP contribution in [0.2, 0.25) is 0 Å². The van der Waals surface area contributed by atoms with Crippen molar-refractivity contribution in [2.45, 2.75) is 47.0 Å². The Hall–Kier alpha value is -2.19. The molecule has 0 radical (unpaired) electrons. The highest BCUT2D eigenvalue weighted by atomic mass is 79.9. The molecule has 0 bridgehead atoms. The summed E-state index contributed by atoms with van der Waals surface area (Å²) in [6.45, 7) is 8.98. The predicted molar refractivity (Wildman–Crippen MR) is 141 cm³/mol. The van der Waals surface area contributed by atoms with Gasteiger partial charge in [0.2, 0.25) is 0 Å². The van der Waals surface area contributed by atoms with Gasteiger partial charge in [0.15, 0.2) is 11.5 Å². The number of benzene rings is 2. The van der Waals surface area contributed by atoms with Crippen molar-refractivity contribution < 1.29 is 9.47 Å². The standard InChI is InChI=1S/C25H29Br2N3O3/c1-6-7-8-22-29-20-10-9-17(26)13-18(20)24(31)30(22)28-14-16-11-19(27)23(21(12-16)32-5)33-15-25(2,3)4/h9-14H,6-8,15H2,1-5H3. The van der Waals surface area contributed by atoms with E-state index >= 15 is 0 Å². The molecule has 0 fully saturated rings. The molecule has 0 saturated heterocycles. The SMILES string of the molecule is CCCCc1nc2ccc(Br)cc2c(=O)n1N=Cc1cc(Br)c(OCC(C)(C)C)c(OC)c1. The van der Waals surface area contributed by atoms with Crippen molar-refractivity contribution in [1.29, 1.82) is 0 Å². The molecule has 0 aliphatic carbocycles. The van der Waals surface area contributed by atoms with Crippen LogP contribution in [-0.2, 0) is 6.42 Å². The normalized spacial score (nSPS) is 12.0. The Morgan fingerprint density at radius 2 is 1.94 bits per heavy atom. The lowest BCUT2D eigenvalue weighted by molar-refractivity contribution is 0.190. The Kier molecular flexibility index (Phi) is 8.34. The van der Waals surface area contributed by atoms with Crippen LogP contribution in [0.3, 0.4) is 0 Å². The summed E-state index contributed by atoms with van der Waals surface area (Å²) in [5.74, 6) is 1.88. The quantitative estimate of drug-likeness (QED) is 0.283. The zero-order valence-corrected chi connectivity index (χ0v) is 22.8. The fourth-order valence-electron chi connectivity index (χ4n) is 3.18. The molecule has 0 saturated carbocycles. The third kappa shape index (κ3) is 6.44. The van der Waals surface area contributed by atoms with Crippen LogP contribution >= 0.6 is 31.9 Å². The summed E-state index contributed by atoms with van der Waals surface area (Å²) in [5.41, 5.74) is 1.26. The summed E-state index contributed by atoms with van der Waals surface area (Å²) in [4.78, 5) is 18.0. The minimum atomic E-state index is -0.195. The van der Waals surface area contributed by atoms with Crippen LogP contribution in [0, 0.1) is 5.41 Å². The van der Waals surface area contributed by atoms with E-state index in [9.17, 15) is 4.79 Å². The number of rotatable bonds is 8. The molecular weight excluding hydrogens is 550 g/mol. The van der Waals surface area contributed by atoms with Gasteiger partial charge in [0, 0.05) is 10.9 Å². The van der Waals surface area contributed by atoms with Crippen molar-refractivity contribution >= 4 is 49.0 Å². The minimum Gasteiger partial charge on any atom is -0.493 e. The van der Waals surface area contributed by atoms with Gasteiger partial charge in [-0.25, -0.2) is 4.98 Å². The predicted octanol–water partition coefficient (Wildman–Crippen LogP) is 6.58. The molecule has 8 heteroatoms. The van der Waals surface area contributed by atoms with E-state index in [1.807, 2.05) is 24.3 Å². The van der Waals surface area contributed by atoms with Crippen LogP contribution in [0.1, 0.15) is 51.9 Å². The maximum atomic E-state index is 13.2. The van der Waals surface area contributed by atoms with Gasteiger partial charge in [-0.2, -0.15) is 9.78 Å². The van der Waals surface area contributed by atoms with Gasteiger partial charge in [-0.1, -0.05) is 50.0 Å². The highest BCUT2D eigenvalue weighted by Gasteiger charge is 2.17. The van der Waals surface area contributed by atoms with Crippen LogP contribution < -0.4 is 15.0 Å². The van der Waals surface area contributed by atoms with Gasteiger partial charge in [0.1, 0.15) is 5.82 Å². The smallest absolute Gasteiger partial charge is 0.282 e. The van der Waals surface area contributed by atoms with E-state index in [-0.39, 0.29) is 11.0 Å². The van der Waals surface area contributed by atoms with E-state index in [0.717, 1.165) is 27.4 Å². The Morgan fingerprint density at radius 3 is 2.61 bits per heavy atom. The van der Waals surface area contributed by atoms with Crippen molar-refractivity contribution in [3.05, 3.63) is 61.0 Å². The van der Waals surface area contributed by atoms with Gasteiger partial charge in [0.25, 0.3) is 5.56 Å². The van der Waals surface area contributed by atoms with Crippen LogP contribution in [-0.4, -0.2) is 29.6 Å². The number of aryl methyl sites for hydroxylation is 1. The van der Waals surface area contributed by atoms with Gasteiger partial charge < -0.3 is 9.47 Å². The number of hydrogen-bond donors (Lipinski definition) is 0. The molecule has 2 aromatic carbocycles. The number of fused-ring (bicyclic) bond motifs is 1. The monoisotopic (exact) mass is 577 g/mol. The molecule has 0 amide bonds. The second-order valence-corrected chi connectivity index (χ2v) is 10.8. The van der Waals surface area contributed by atoms with Crippen LogP contribution in [0.25, 0.3) is 10.9 Å². The summed E-state index contributed by atoms with van der Waals surface area (Å²) >= 11 is 7.02. The largest absolute Gasteiger partial charge is 0.493 e. The molecule has 1 heterocycles. The number of unbranched alkanes of at least 4 members (excludes halogenated alkanes) is 1. The molecule has 0 unspecified atom stereocenters. The molecule has 3 aromatic rings. The van der Waals surface area contributed by atoms with Gasteiger partial charge >= 0.3 is 0 Å². The number of aromatic nitrogens is 2. The first-order valence-corrected chi connectivity index (χ1v) is 12.5. The summed E-state index contributed by atoms with van der Waals surface area (Å²) in [5, 5.41) is 5.04. The van der Waals surface area contributed by atoms with E-state index < -0.39 is 0 Å². The van der Waals surface area contributed by atoms with E-state index in [1.54, 1.807) is 19.4 Å². The van der Waals surface area contributed by atoms with Gasteiger partial charge in [0.05, 0.1) is 35.3 Å². The topological polar surface area (TPSA) is 65.7 Å². The number of ether oxygens (including phenoxy) is 2. The fraction of sp³-hybridized carbons (Fsp3) is 0.400. The lowest BCUT2D eigenvalue weighted by Crippen LogP contribution is -2.22. The molecule has 0 atom stereocenters. The summed E-state index contributed by atoms with van der Waals surface area (Å²) in [6.07, 6.45) is 4.23. The molecule has 1 aromatic heterocycles. The Bertz CT molecular complexity index is 1230. The average Bonchev–Trinajstić information content (AvgIpc) is 2.75. The summed E-state index contributed by atoms with van der Waals surface area (Å²) in [6, 6.07) is 9.25. The number of nitrogens with zero attached hydrogens (tertiary/aromatic N) is 3. The lowest BCUT2D eigenvalue weighted by atomic mass is 9.99. The molecule has 33 heavy (non-hydrogen) atoms. The van der Waals surface area contributed by atoms with Crippen molar-refractivity contribution in [3.8, 4) is 11.5 Å². The molecule has 6 nitrogen and oxygen atoms in total. The lowest BCUT2D eigenvalue weighted by Gasteiger charge is -2.21. The molecule has 0 aliphatic rings. The second kappa shape index (κ2) is 10.8. The van der Waals surface area contributed by atoms with Crippen molar-refractivity contribution in [2.24, 2.45) is 10.5 Å². The summed E-state index contributed by atoms with van der Waals surface area (Å²) in [7, 11) is 1.60. The van der Waals surface area contributed by atoms with Crippen molar-refractivity contribution in [3.63, 3.8) is 0 Å². The third-order valence-corrected chi connectivity index (χ3v) is 5.94. The number of hydrogen-bond acceptors (Lipinski definition) is 5. The van der Waals surface area contributed by atoms with Crippen LogP contribution in [0.5, 0.6) is 11.5 Å². The van der Waals surface area contributed by atoms with E-state index in [2.05, 4.69) is 64.7 Å². The van der Waals surface area contributed by atoms with Gasteiger partial charge in [-0.3, -0.25) is 4.79 Å². The zero-order chi connectivity index (χ0) is 24.2. The molecule has 176 valence electrons. The number of halogens is 2. The van der Waals surface area contributed by atoms with E-state index in [1.165, 1.54) is 4.68 Å². The molecule has 3 rings (SSSR count). The maximum absolute atomic E-state index is 13.2. The first kappa shape index (κ1) is 25.4. The fourth-order valence-corrected chi connectivity index (χ4v) is 4.11. The number of methoxy groups -OCH3 is 1. The molecule has 0 N–H and O–H groups in total. The second-order valence-electron chi connectivity index (χ2n) is 9.04. The summed E-state index contributed by atoms with van der Waals surface area (Å²) < 4.78 is 14.5. The minimum absolute atomic E-state index is 0.0126. The highest BCUT2D eigenvalue weighted by Crippen LogP contribution is 2.37. The van der Waals surface area contributed by atoms with E-state index in [0.29, 0.717) is 41.3 Å². The molecular formula is C25H29Br2N3O3. The van der Waals surface area contributed by atoms with E-state index in [4.69, 9.17) is 14.5 Å². The Balaban J connectivity index is 2.03. The highest BCUT2D eigenvalue weighted by molar-refractivity contribution is 9.10. The maximum Gasteiger partial charge on any atom is 0.282 e. The Labute approximate surface area is 211 Å². The van der Waals surface area contributed by atoms with Crippen LogP contribution in [0.4, 0.5) is 0 Å². The van der Waals surface area contributed by atoms with Crippen molar-refractivity contribution in [2.75, 3.05) is 13.7 Å². The van der Waals surface area contributed by atoms with Gasteiger partial charge in [-0.05, 0) is 63.7 Å². The zero-order valence-electron chi connectivity index (χ0n) is 19.6. The van der Waals surface area contributed by atoms with Crippen LogP contribution in [0.15, 0.2) is 49.2 Å². The first-order valence-electron chi connectivity index (χ1n) is 10.9. The van der Waals surface area contributed by atoms with Gasteiger partial charge in [-0.15, -0.1) is 0 Å². The third-order valence-electron chi connectivity index (χ3n) is 4.85. The molecule has 0 aliphatic heterocycles. The average molecular weight is 579 g/mol. The Morgan fingerprint density at radius 1 is 1.18 bits per heavy atom. The first-order chi connectivity index (χ1) is 15.6. The molecule has 0 spiro atoms. The van der Waals surface area contributed by atoms with Crippen molar-refractivity contribution in [1.82, 2.24) is 9.66 Å².